The number of aliphatic carboxylic acids is 1. The quantitative estimate of drug-likeness (QED) is 0.881. The Kier molecular flexibility index (Phi) is 3.91. The third-order valence-electron chi connectivity index (χ3n) is 3.65. The Labute approximate surface area is 107 Å². The summed E-state index contributed by atoms with van der Waals surface area (Å²) in [5.74, 6) is -0.727. The number of carbonyl (C=O) groups is 1. The van der Waals surface area contributed by atoms with Crippen LogP contribution in [0.3, 0.4) is 0 Å². The summed E-state index contributed by atoms with van der Waals surface area (Å²) in [4.78, 5) is 21.8. The maximum atomic E-state index is 10.9. The van der Waals surface area contributed by atoms with Gasteiger partial charge in [-0.25, -0.2) is 0 Å². The highest BCUT2D eigenvalue weighted by Crippen LogP contribution is 2.30. The van der Waals surface area contributed by atoms with Crippen LogP contribution in [0.1, 0.15) is 43.6 Å². The molecule has 2 atom stereocenters. The van der Waals surface area contributed by atoms with Gasteiger partial charge in [-0.2, -0.15) is 0 Å². The average molecular weight is 249 g/mol. The lowest BCUT2D eigenvalue weighted by Gasteiger charge is -2.29. The predicted molar refractivity (Wildman–Crippen MR) is 67.2 cm³/mol. The lowest BCUT2D eigenvalue weighted by atomic mass is 10.1. The summed E-state index contributed by atoms with van der Waals surface area (Å²) < 4.78 is 0. The van der Waals surface area contributed by atoms with E-state index in [9.17, 15) is 4.79 Å². The number of aromatic nitrogens is 2. The van der Waals surface area contributed by atoms with E-state index >= 15 is 0 Å². The second-order valence-electron chi connectivity index (χ2n) is 4.83. The van der Waals surface area contributed by atoms with Crippen LogP contribution < -0.4 is 0 Å². The molecular weight excluding hydrogens is 230 g/mol. The Bertz CT molecular complexity index is 436. The number of likely N-dealkylation sites (tertiary alicyclic amines) is 1. The van der Waals surface area contributed by atoms with E-state index in [4.69, 9.17) is 5.11 Å². The van der Waals surface area contributed by atoms with Crippen molar-refractivity contribution in [2.75, 3.05) is 6.54 Å². The number of nitrogens with zero attached hydrogens (tertiary/aromatic N) is 3. The van der Waals surface area contributed by atoms with Crippen molar-refractivity contribution in [1.82, 2.24) is 14.9 Å². The van der Waals surface area contributed by atoms with Crippen molar-refractivity contribution in [3.63, 3.8) is 0 Å². The molecule has 2 unspecified atom stereocenters. The Balaban J connectivity index is 2.15. The maximum Gasteiger partial charge on any atom is 0.304 e. The van der Waals surface area contributed by atoms with Crippen molar-refractivity contribution >= 4 is 5.97 Å². The van der Waals surface area contributed by atoms with Crippen LogP contribution in [0.4, 0.5) is 0 Å². The topological polar surface area (TPSA) is 66.3 Å². The molecule has 0 bridgehead atoms. The van der Waals surface area contributed by atoms with E-state index < -0.39 is 5.97 Å². The third-order valence-corrected chi connectivity index (χ3v) is 3.65. The lowest BCUT2D eigenvalue weighted by Crippen LogP contribution is -2.34. The first-order valence-electron chi connectivity index (χ1n) is 6.34. The van der Waals surface area contributed by atoms with E-state index in [1.807, 2.05) is 6.92 Å². The standard InChI is InChI=1S/C13H19N3O2/c1-9-13(15-6-5-14-9)10(2)16-7-3-4-11(16)8-12(17)18/h5-6,10-11H,3-4,7-8H2,1-2H3,(H,17,18). The number of rotatable bonds is 4. The molecule has 18 heavy (non-hydrogen) atoms. The van der Waals surface area contributed by atoms with Gasteiger partial charge >= 0.3 is 5.97 Å². The highest BCUT2D eigenvalue weighted by Gasteiger charge is 2.31. The summed E-state index contributed by atoms with van der Waals surface area (Å²) in [6.07, 6.45) is 5.60. The molecule has 0 saturated carbocycles. The van der Waals surface area contributed by atoms with Gasteiger partial charge in [0, 0.05) is 18.4 Å². The molecule has 5 nitrogen and oxygen atoms in total. The lowest BCUT2D eigenvalue weighted by molar-refractivity contribution is -0.138. The van der Waals surface area contributed by atoms with Gasteiger partial charge in [0.15, 0.2) is 0 Å². The molecule has 1 N–H and O–H groups in total. The Morgan fingerprint density at radius 3 is 2.94 bits per heavy atom. The van der Waals surface area contributed by atoms with Crippen molar-refractivity contribution in [2.45, 2.75) is 45.2 Å². The van der Waals surface area contributed by atoms with E-state index in [1.54, 1.807) is 12.4 Å². The van der Waals surface area contributed by atoms with Gasteiger partial charge in [-0.3, -0.25) is 19.7 Å². The molecule has 1 aromatic heterocycles. The zero-order valence-corrected chi connectivity index (χ0v) is 10.8. The first-order valence-corrected chi connectivity index (χ1v) is 6.34. The fraction of sp³-hybridized carbons (Fsp3) is 0.615. The summed E-state index contributed by atoms with van der Waals surface area (Å²) in [6, 6.07) is 0.254. The van der Waals surface area contributed by atoms with E-state index in [0.717, 1.165) is 30.8 Å². The first-order chi connectivity index (χ1) is 8.59. The van der Waals surface area contributed by atoms with Gasteiger partial charge in [-0.1, -0.05) is 0 Å². The van der Waals surface area contributed by atoms with Crippen LogP contribution in [0.25, 0.3) is 0 Å². The second-order valence-corrected chi connectivity index (χ2v) is 4.83. The number of hydrogen-bond acceptors (Lipinski definition) is 4. The van der Waals surface area contributed by atoms with E-state index in [2.05, 4.69) is 21.8 Å². The van der Waals surface area contributed by atoms with E-state index in [0.29, 0.717) is 0 Å². The van der Waals surface area contributed by atoms with Crippen molar-refractivity contribution < 1.29 is 9.90 Å². The molecule has 0 aromatic carbocycles. The number of hydrogen-bond donors (Lipinski definition) is 1. The fourth-order valence-corrected chi connectivity index (χ4v) is 2.77. The molecule has 1 aliphatic heterocycles. The van der Waals surface area contributed by atoms with Gasteiger partial charge < -0.3 is 5.11 Å². The number of carboxylic acid groups (broad SMARTS) is 1. The normalized spacial score (nSPS) is 22.0. The molecule has 2 rings (SSSR count). The molecular formula is C13H19N3O2. The molecule has 1 aliphatic rings. The minimum absolute atomic E-state index is 0.124. The van der Waals surface area contributed by atoms with Gasteiger partial charge in [0.25, 0.3) is 0 Å². The zero-order valence-electron chi connectivity index (χ0n) is 10.8. The SMILES string of the molecule is Cc1nccnc1C(C)N1CCCC1CC(=O)O. The Hall–Kier alpha value is -1.49. The van der Waals surface area contributed by atoms with Crippen LogP contribution in [0.15, 0.2) is 12.4 Å². The summed E-state index contributed by atoms with van der Waals surface area (Å²) >= 11 is 0. The molecule has 0 aliphatic carbocycles. The van der Waals surface area contributed by atoms with Gasteiger partial charge in [0.2, 0.25) is 0 Å². The monoisotopic (exact) mass is 249 g/mol. The highest BCUT2D eigenvalue weighted by atomic mass is 16.4. The second kappa shape index (κ2) is 5.44. The van der Waals surface area contributed by atoms with Crippen molar-refractivity contribution in [3.05, 3.63) is 23.8 Å². The summed E-state index contributed by atoms with van der Waals surface area (Å²) in [5, 5.41) is 8.94. The van der Waals surface area contributed by atoms with Crippen LogP contribution in [-0.4, -0.2) is 38.5 Å². The van der Waals surface area contributed by atoms with Crippen LogP contribution >= 0.6 is 0 Å². The van der Waals surface area contributed by atoms with Crippen LogP contribution in [-0.2, 0) is 4.79 Å². The zero-order chi connectivity index (χ0) is 13.1. The highest BCUT2D eigenvalue weighted by molar-refractivity contribution is 5.67. The van der Waals surface area contributed by atoms with E-state index in [1.165, 1.54) is 0 Å². The minimum Gasteiger partial charge on any atom is -0.481 e. The minimum atomic E-state index is -0.727. The largest absolute Gasteiger partial charge is 0.481 e. The smallest absolute Gasteiger partial charge is 0.304 e. The summed E-state index contributed by atoms with van der Waals surface area (Å²) in [7, 11) is 0. The van der Waals surface area contributed by atoms with Crippen molar-refractivity contribution in [3.8, 4) is 0 Å². The van der Waals surface area contributed by atoms with Crippen LogP contribution in [0.5, 0.6) is 0 Å². The summed E-state index contributed by atoms with van der Waals surface area (Å²) in [5.41, 5.74) is 1.88. The average Bonchev–Trinajstić information content (AvgIpc) is 2.76. The molecule has 0 spiro atoms. The Morgan fingerprint density at radius 1 is 1.56 bits per heavy atom. The predicted octanol–water partition coefficient (Wildman–Crippen LogP) is 1.79. The number of carboxylic acids is 1. The van der Waals surface area contributed by atoms with Gasteiger partial charge in [0.05, 0.1) is 23.9 Å². The molecule has 1 saturated heterocycles. The first kappa shape index (κ1) is 13.0. The van der Waals surface area contributed by atoms with Gasteiger partial charge in [0.1, 0.15) is 0 Å². The van der Waals surface area contributed by atoms with Gasteiger partial charge in [-0.05, 0) is 33.2 Å². The van der Waals surface area contributed by atoms with E-state index in [-0.39, 0.29) is 18.5 Å². The molecule has 98 valence electrons. The van der Waals surface area contributed by atoms with Gasteiger partial charge in [-0.15, -0.1) is 0 Å². The Morgan fingerprint density at radius 2 is 2.28 bits per heavy atom. The maximum absolute atomic E-state index is 10.9. The third kappa shape index (κ3) is 2.67. The molecule has 1 aromatic rings. The van der Waals surface area contributed by atoms with Crippen molar-refractivity contribution in [1.29, 1.82) is 0 Å². The van der Waals surface area contributed by atoms with Crippen LogP contribution in [0.2, 0.25) is 0 Å². The molecule has 0 amide bonds. The summed E-state index contributed by atoms with van der Waals surface area (Å²) in [6.45, 7) is 4.97. The molecule has 5 heteroatoms. The van der Waals surface area contributed by atoms with Crippen LogP contribution in [0, 0.1) is 6.92 Å². The van der Waals surface area contributed by atoms with Crippen molar-refractivity contribution in [2.24, 2.45) is 0 Å². The molecule has 0 radical (unpaired) electrons. The molecule has 1 fully saturated rings. The number of aryl methyl sites for hydroxylation is 1. The fourth-order valence-electron chi connectivity index (χ4n) is 2.77. The molecule has 2 heterocycles.